The number of benzene rings is 17. The van der Waals surface area contributed by atoms with Gasteiger partial charge in [-0.2, -0.15) is 19.9 Å². The van der Waals surface area contributed by atoms with Gasteiger partial charge in [-0.1, -0.05) is 303 Å². The van der Waals surface area contributed by atoms with Crippen LogP contribution in [0.1, 0.15) is 26.0 Å². The molecule has 0 saturated heterocycles. The highest BCUT2D eigenvalue weighted by Gasteiger charge is 2.25. The Morgan fingerprint density at radius 3 is 1.37 bits per heavy atom. The Kier molecular flexibility index (Phi) is 12.4. The number of aromatic nitrogens is 8. The van der Waals surface area contributed by atoms with E-state index < -0.39 is 60.4 Å². The standard InChI is InChI=1S/C57H34N4S2.C51H30N4OS/c1-4-13-35(14-5-1)37-23-25-39(26-24-37)55-58-56(41-28-30-45-52(32-41)63-51-22-12-20-42(54(45)51)38-17-8-3-9-18-38)60-57(59-55)61-48-31-40(36-15-6-2-7-16-36)27-29-43(48)46-33-47-44-19-10-11-21-50(44)62-53(47)34-49(46)61;1-3-13-31(14-4-1)33-17-11-18-34(27-33)49-52-50(35-25-26-39-45(28-35)56-44-23-12-21-36(48(39)44)32-15-5-2-6-16-32)54-51(53-49)55-42-22-9-7-19-37(42)40-29-41-38-20-8-10-24-46(38)57-47(41)30-43(40)55/h1-34H;1-30H/i3D,8D,9D,17D,18D,23D,24D,25D,26D;11D,12D,17D,18D,21D,23D,25D,26D,27D,28D. The average Bonchev–Trinajstić information content (AvgIpc) is 1.56. The molecular weight excluding hydrogens is 1520 g/mol. The molecule has 0 saturated carbocycles. The van der Waals surface area contributed by atoms with Crippen LogP contribution in [-0.4, -0.2) is 39.0 Å². The maximum atomic E-state index is 9.73. The highest BCUT2D eigenvalue weighted by atomic mass is 32.1. The molecule has 0 aliphatic heterocycles. The Balaban J connectivity index is 0.000000151. The molecule has 0 aliphatic carbocycles. The third-order valence-electron chi connectivity index (χ3n) is 21.9. The Morgan fingerprint density at radius 1 is 0.225 bits per heavy atom. The second-order valence-corrected chi connectivity index (χ2v) is 32.1. The molecule has 0 spiro atoms. The van der Waals surface area contributed by atoms with E-state index in [0.29, 0.717) is 38.9 Å². The molecule has 120 heavy (non-hydrogen) atoms. The number of hydrogen-bond donors (Lipinski definition) is 0. The summed E-state index contributed by atoms with van der Waals surface area (Å²) in [5.41, 5.74) is 7.52. The van der Waals surface area contributed by atoms with Crippen molar-refractivity contribution in [1.82, 2.24) is 39.0 Å². The van der Waals surface area contributed by atoms with E-state index in [1.165, 1.54) is 11.3 Å². The zero-order valence-electron chi connectivity index (χ0n) is 81.7. The summed E-state index contributed by atoms with van der Waals surface area (Å²) in [6.07, 6.45) is 0. The van der Waals surface area contributed by atoms with Crippen molar-refractivity contribution in [2.75, 3.05) is 0 Å². The van der Waals surface area contributed by atoms with Crippen LogP contribution < -0.4 is 0 Å². The van der Waals surface area contributed by atoms with Gasteiger partial charge in [0.05, 0.1) is 48.1 Å². The topological polar surface area (TPSA) is 100 Å². The number of rotatable bonds is 11. The number of fused-ring (bicyclic) bond motifs is 18. The van der Waals surface area contributed by atoms with E-state index in [0.717, 1.165) is 104 Å². The third-order valence-corrected chi connectivity index (χ3v) is 25.3. The smallest absolute Gasteiger partial charge is 0.238 e. The first-order chi connectivity index (χ1) is 67.4. The van der Waals surface area contributed by atoms with Crippen molar-refractivity contribution in [3.63, 3.8) is 0 Å². The molecule has 0 fully saturated rings. The molecule has 560 valence electrons. The van der Waals surface area contributed by atoms with Crippen LogP contribution >= 0.6 is 34.0 Å². The minimum atomic E-state index is -0.480. The lowest BCUT2D eigenvalue weighted by Gasteiger charge is -2.12. The lowest BCUT2D eigenvalue weighted by molar-refractivity contribution is 0.669. The summed E-state index contributed by atoms with van der Waals surface area (Å²) in [7, 11) is 0. The van der Waals surface area contributed by atoms with Crippen LogP contribution in [0.5, 0.6) is 0 Å². The Hall–Kier alpha value is -15.2. The molecule has 0 unspecified atom stereocenters. The normalized spacial score (nSPS) is 14.1. The number of nitrogens with zero attached hydrogens (tertiary/aromatic N) is 8. The van der Waals surface area contributed by atoms with E-state index >= 15 is 0 Å². The minimum Gasteiger partial charge on any atom is -0.456 e. The van der Waals surface area contributed by atoms with Gasteiger partial charge in [-0.3, -0.25) is 9.13 Å². The SMILES string of the molecule is [2H]c1c([2H])c(-c2ccccc2)c([2H])c(-c2nc(-c3c([2H])c([2H])c4c(oc5c([2H])c([2H])c([2H])c(-c6ccccc6)c54)c3[2H])nc(-n3c4ccccc4c4cc5c(cc43)sc3ccccc35)n2)c1[2H].[2H]c1c([2H])c([2H])c(-c2cccc3sc4cc(-c5nc(-c6c([2H])c([2H])c(-c7ccccc7)c([2H])c6[2H])nc(-n6c7cc(-c8ccccc8)ccc7c7cc8c(cc76)sc6ccccc68)n5)ccc4c23)c([2H])c1[2H]. The van der Waals surface area contributed by atoms with Crippen LogP contribution in [0.3, 0.4) is 0 Å². The first kappa shape index (κ1) is 52.4. The fourth-order valence-electron chi connectivity index (χ4n) is 16.4. The molecule has 0 N–H and O–H groups in total. The second-order valence-electron chi connectivity index (χ2n) is 28.9. The molecule has 12 heteroatoms. The highest BCUT2D eigenvalue weighted by molar-refractivity contribution is 7.26. The summed E-state index contributed by atoms with van der Waals surface area (Å²) in [5, 5.41) is 9.88. The van der Waals surface area contributed by atoms with Gasteiger partial charge in [-0.15, -0.1) is 34.0 Å². The monoisotopic (exact) mass is 1600 g/mol. The number of furan rings is 1. The Bertz CT molecular complexity index is 9620. The predicted molar refractivity (Wildman–Crippen MR) is 503 cm³/mol. The molecule has 0 atom stereocenters. The third kappa shape index (κ3) is 11.8. The van der Waals surface area contributed by atoms with Crippen molar-refractivity contribution in [3.8, 4) is 113 Å². The van der Waals surface area contributed by atoms with E-state index in [9.17, 15) is 12.3 Å². The second kappa shape index (κ2) is 28.3. The molecular formula is C108H64N8OS3. The highest BCUT2D eigenvalue weighted by Crippen LogP contribution is 2.47. The van der Waals surface area contributed by atoms with Gasteiger partial charge < -0.3 is 4.42 Å². The molecule has 0 aliphatic rings. The van der Waals surface area contributed by atoms with E-state index in [4.69, 9.17) is 48.0 Å². The molecule has 8 aromatic heterocycles. The van der Waals surface area contributed by atoms with Gasteiger partial charge in [0.25, 0.3) is 0 Å². The van der Waals surface area contributed by atoms with Crippen LogP contribution in [-0.2, 0) is 0 Å². The number of thiophene rings is 3. The van der Waals surface area contributed by atoms with Gasteiger partial charge in [0, 0.05) is 115 Å². The van der Waals surface area contributed by atoms with E-state index in [-0.39, 0.29) is 150 Å². The summed E-state index contributed by atoms with van der Waals surface area (Å²) >= 11 is 4.81. The van der Waals surface area contributed by atoms with Crippen molar-refractivity contribution in [1.29, 1.82) is 0 Å². The zero-order chi connectivity index (χ0) is 95.4. The van der Waals surface area contributed by atoms with Gasteiger partial charge in [-0.25, -0.2) is 9.97 Å². The number of hydrogen-bond acceptors (Lipinski definition) is 10. The molecule has 8 heterocycles. The van der Waals surface area contributed by atoms with Crippen LogP contribution in [0.4, 0.5) is 0 Å². The van der Waals surface area contributed by atoms with Crippen molar-refractivity contribution < 1.29 is 30.5 Å². The van der Waals surface area contributed by atoms with E-state index in [1.54, 1.807) is 114 Å². The molecule has 0 bridgehead atoms. The number of para-hydroxylation sites is 1. The summed E-state index contributed by atoms with van der Waals surface area (Å²) in [6.45, 7) is 0. The van der Waals surface area contributed by atoms with Crippen molar-refractivity contribution in [2.24, 2.45) is 0 Å². The summed E-state index contributed by atoms with van der Waals surface area (Å²) in [4.78, 5) is 30.2. The molecule has 9 nitrogen and oxygen atoms in total. The molecule has 25 rings (SSSR count). The van der Waals surface area contributed by atoms with Crippen molar-refractivity contribution >= 4 is 160 Å². The van der Waals surface area contributed by atoms with Gasteiger partial charge in [-0.05, 0) is 140 Å². The first-order valence-electron chi connectivity index (χ1n) is 48.1. The fraction of sp³-hybridized carbons (Fsp3) is 0. The Morgan fingerprint density at radius 2 is 0.700 bits per heavy atom. The average molecular weight is 1610 g/mol. The maximum Gasteiger partial charge on any atom is 0.238 e. The lowest BCUT2D eigenvalue weighted by atomic mass is 9.99. The minimum absolute atomic E-state index is 0.000686. The van der Waals surface area contributed by atoms with Crippen LogP contribution in [0.25, 0.3) is 239 Å². The summed E-state index contributed by atoms with van der Waals surface area (Å²) < 4.78 is 188. The zero-order valence-corrected chi connectivity index (χ0v) is 65.1. The predicted octanol–water partition coefficient (Wildman–Crippen LogP) is 29.9. The van der Waals surface area contributed by atoms with Crippen LogP contribution in [0, 0.1) is 0 Å². The van der Waals surface area contributed by atoms with Gasteiger partial charge in [0.15, 0.2) is 23.3 Å². The van der Waals surface area contributed by atoms with Gasteiger partial charge in [0.2, 0.25) is 11.9 Å². The maximum absolute atomic E-state index is 9.73. The van der Waals surface area contributed by atoms with Crippen molar-refractivity contribution in [3.05, 3.63) is 388 Å². The molecule has 0 amide bonds. The Labute approximate surface area is 726 Å². The first-order valence-corrected chi connectivity index (χ1v) is 41.0. The van der Waals surface area contributed by atoms with E-state index in [2.05, 4.69) is 84.9 Å². The largest absolute Gasteiger partial charge is 0.456 e. The molecule has 0 radical (unpaired) electrons. The van der Waals surface area contributed by atoms with E-state index in [1.807, 2.05) is 106 Å². The van der Waals surface area contributed by atoms with Crippen molar-refractivity contribution in [2.45, 2.75) is 0 Å². The molecule has 25 aromatic rings. The quantitative estimate of drug-likeness (QED) is 0.127. The molecule has 17 aromatic carbocycles. The fourth-order valence-corrected chi connectivity index (χ4v) is 19.8. The summed E-state index contributed by atoms with van der Waals surface area (Å²) in [6, 6.07) is 80.3. The van der Waals surface area contributed by atoms with Crippen LogP contribution in [0.15, 0.2) is 392 Å². The van der Waals surface area contributed by atoms with Gasteiger partial charge >= 0.3 is 0 Å². The lowest BCUT2D eigenvalue weighted by Crippen LogP contribution is -2.06. The van der Waals surface area contributed by atoms with Crippen LogP contribution in [0.2, 0.25) is 0 Å². The summed E-state index contributed by atoms with van der Waals surface area (Å²) in [5.74, 6) is -0.101. The van der Waals surface area contributed by atoms with Gasteiger partial charge in [0.1, 0.15) is 11.2 Å².